The van der Waals surface area contributed by atoms with E-state index in [-0.39, 0.29) is 12.0 Å². The fourth-order valence-corrected chi connectivity index (χ4v) is 4.37. The number of hydrogen-bond donors (Lipinski definition) is 1. The zero-order valence-electron chi connectivity index (χ0n) is 12.3. The third-order valence-electron chi connectivity index (χ3n) is 5.12. The van der Waals surface area contributed by atoms with Gasteiger partial charge in [0.1, 0.15) is 6.10 Å². The van der Waals surface area contributed by atoms with Crippen LogP contribution < -0.4 is 0 Å². The van der Waals surface area contributed by atoms with Crippen LogP contribution in [0.15, 0.2) is 43.0 Å². The van der Waals surface area contributed by atoms with Gasteiger partial charge in [-0.25, -0.2) is 4.98 Å². The molecule has 0 radical (unpaired) electrons. The molecule has 0 amide bonds. The topological polar surface area (TPSA) is 55.9 Å². The summed E-state index contributed by atoms with van der Waals surface area (Å²) < 4.78 is 4.00. The Balaban J connectivity index is 1.65. The first-order chi connectivity index (χ1) is 11.3. The van der Waals surface area contributed by atoms with E-state index in [1.165, 1.54) is 11.1 Å². The standard InChI is InChI=1S/C17H15ClN4O/c18-13-7-20-22-6-5-12(17(23)16(13)22)15-11-4-2-1-3-10(11)14-8-19-9-21(14)15/h1-4,7-9,12,15,17,23H,5-6H2/t12-,15?,17-/m1/s1. The number of imidazole rings is 1. The molecule has 0 saturated carbocycles. The quantitative estimate of drug-likeness (QED) is 0.747. The molecule has 1 N–H and O–H groups in total. The highest BCUT2D eigenvalue weighted by Gasteiger charge is 2.41. The maximum Gasteiger partial charge on any atom is 0.102 e. The number of hydrogen-bond acceptors (Lipinski definition) is 3. The van der Waals surface area contributed by atoms with Gasteiger partial charge in [-0.1, -0.05) is 35.9 Å². The van der Waals surface area contributed by atoms with Crippen LogP contribution in [0.3, 0.4) is 0 Å². The number of rotatable bonds is 1. The Kier molecular flexibility index (Phi) is 2.72. The van der Waals surface area contributed by atoms with E-state index in [9.17, 15) is 5.11 Å². The van der Waals surface area contributed by atoms with Gasteiger partial charge in [0.05, 0.1) is 41.2 Å². The molecule has 0 saturated heterocycles. The van der Waals surface area contributed by atoms with Gasteiger partial charge in [-0.2, -0.15) is 5.10 Å². The van der Waals surface area contributed by atoms with Crippen molar-refractivity contribution < 1.29 is 5.11 Å². The Labute approximate surface area is 138 Å². The minimum Gasteiger partial charge on any atom is -0.386 e. The minimum absolute atomic E-state index is 0.0494. The summed E-state index contributed by atoms with van der Waals surface area (Å²) in [7, 11) is 0. The van der Waals surface area contributed by atoms with E-state index in [2.05, 4.69) is 32.8 Å². The Hall–Kier alpha value is -2.11. The predicted molar refractivity (Wildman–Crippen MR) is 86.1 cm³/mol. The third kappa shape index (κ3) is 1.72. The molecule has 23 heavy (non-hydrogen) atoms. The maximum absolute atomic E-state index is 11.0. The van der Waals surface area contributed by atoms with Crippen molar-refractivity contribution in [3.8, 4) is 11.3 Å². The van der Waals surface area contributed by atoms with E-state index < -0.39 is 6.10 Å². The van der Waals surface area contributed by atoms with E-state index in [4.69, 9.17) is 11.6 Å². The van der Waals surface area contributed by atoms with Gasteiger partial charge in [-0.3, -0.25) is 4.68 Å². The smallest absolute Gasteiger partial charge is 0.102 e. The summed E-state index contributed by atoms with van der Waals surface area (Å²) in [5, 5.41) is 15.8. The van der Waals surface area contributed by atoms with Crippen molar-refractivity contribution in [3.05, 3.63) is 59.3 Å². The molecule has 3 atom stereocenters. The van der Waals surface area contributed by atoms with Crippen LogP contribution in [-0.2, 0) is 6.54 Å². The molecule has 0 fully saturated rings. The molecular weight excluding hydrogens is 312 g/mol. The van der Waals surface area contributed by atoms with Gasteiger partial charge in [-0.05, 0) is 12.0 Å². The van der Waals surface area contributed by atoms with Crippen molar-refractivity contribution in [3.63, 3.8) is 0 Å². The monoisotopic (exact) mass is 326 g/mol. The van der Waals surface area contributed by atoms with Gasteiger partial charge in [-0.15, -0.1) is 0 Å². The molecule has 3 aromatic rings. The van der Waals surface area contributed by atoms with Gasteiger partial charge in [0.2, 0.25) is 0 Å². The number of nitrogens with zero attached hydrogens (tertiary/aromatic N) is 4. The summed E-state index contributed by atoms with van der Waals surface area (Å²) in [6.45, 7) is 0.770. The van der Waals surface area contributed by atoms with E-state index >= 15 is 0 Å². The Bertz CT molecular complexity index is 900. The zero-order valence-corrected chi connectivity index (χ0v) is 13.1. The van der Waals surface area contributed by atoms with Crippen molar-refractivity contribution in [1.82, 2.24) is 19.3 Å². The molecular formula is C17H15ClN4O. The Morgan fingerprint density at radius 1 is 1.22 bits per heavy atom. The SMILES string of the molecule is O[C@H]1c2c(Cl)cnn2CC[C@@H]1C1c2ccccc2-c2cncn21. The molecule has 4 heterocycles. The summed E-state index contributed by atoms with van der Waals surface area (Å²) in [4.78, 5) is 4.30. The highest BCUT2D eigenvalue weighted by atomic mass is 35.5. The highest BCUT2D eigenvalue weighted by Crippen LogP contribution is 2.49. The molecule has 1 unspecified atom stereocenters. The molecule has 2 aliphatic rings. The van der Waals surface area contributed by atoms with Crippen molar-refractivity contribution in [2.24, 2.45) is 5.92 Å². The first-order valence-electron chi connectivity index (χ1n) is 7.76. The molecule has 0 spiro atoms. The van der Waals surface area contributed by atoms with Crippen LogP contribution in [-0.4, -0.2) is 24.4 Å². The number of aliphatic hydroxyl groups excluding tert-OH is 1. The van der Waals surface area contributed by atoms with Crippen molar-refractivity contribution in [2.45, 2.75) is 25.1 Å². The van der Waals surface area contributed by atoms with Gasteiger partial charge in [0, 0.05) is 18.0 Å². The van der Waals surface area contributed by atoms with Crippen LogP contribution in [0.5, 0.6) is 0 Å². The molecule has 0 aliphatic carbocycles. The normalized spacial score (nSPS) is 25.0. The fraction of sp³-hybridized carbons (Fsp3) is 0.294. The van der Waals surface area contributed by atoms with E-state index in [0.717, 1.165) is 24.4 Å². The average Bonchev–Trinajstić information content (AvgIpc) is 3.23. The van der Waals surface area contributed by atoms with Gasteiger partial charge in [0.15, 0.2) is 0 Å². The lowest BCUT2D eigenvalue weighted by atomic mass is 9.83. The molecule has 2 aromatic heterocycles. The molecule has 5 nitrogen and oxygen atoms in total. The van der Waals surface area contributed by atoms with Crippen LogP contribution >= 0.6 is 11.6 Å². The van der Waals surface area contributed by atoms with Gasteiger partial charge >= 0.3 is 0 Å². The lowest BCUT2D eigenvalue weighted by Crippen LogP contribution is -2.31. The Morgan fingerprint density at radius 2 is 2.09 bits per heavy atom. The number of benzene rings is 1. The molecule has 5 rings (SSSR count). The second-order valence-electron chi connectivity index (χ2n) is 6.22. The third-order valence-corrected chi connectivity index (χ3v) is 5.41. The summed E-state index contributed by atoms with van der Waals surface area (Å²) in [5.41, 5.74) is 4.29. The van der Waals surface area contributed by atoms with Gasteiger partial charge in [0.25, 0.3) is 0 Å². The van der Waals surface area contributed by atoms with E-state index in [1.807, 2.05) is 23.3 Å². The number of aromatic nitrogens is 4. The second-order valence-corrected chi connectivity index (χ2v) is 6.62. The molecule has 116 valence electrons. The van der Waals surface area contributed by atoms with Gasteiger partial charge < -0.3 is 9.67 Å². The van der Waals surface area contributed by atoms with Crippen molar-refractivity contribution in [1.29, 1.82) is 0 Å². The summed E-state index contributed by atoms with van der Waals surface area (Å²) in [6.07, 6.45) is 5.59. The predicted octanol–water partition coefficient (Wildman–Crippen LogP) is 3.06. The number of aliphatic hydroxyl groups is 1. The average molecular weight is 327 g/mol. The van der Waals surface area contributed by atoms with Crippen LogP contribution in [0.4, 0.5) is 0 Å². The summed E-state index contributed by atoms with van der Waals surface area (Å²) in [5.74, 6) is 0.0494. The van der Waals surface area contributed by atoms with E-state index in [0.29, 0.717) is 5.02 Å². The first-order valence-corrected chi connectivity index (χ1v) is 8.14. The fourth-order valence-electron chi connectivity index (χ4n) is 4.12. The van der Waals surface area contributed by atoms with Crippen LogP contribution in [0.2, 0.25) is 5.02 Å². The number of aryl methyl sites for hydroxylation is 1. The van der Waals surface area contributed by atoms with Crippen LogP contribution in [0.25, 0.3) is 11.3 Å². The lowest BCUT2D eigenvalue weighted by Gasteiger charge is -2.34. The maximum atomic E-state index is 11.0. The minimum atomic E-state index is -0.634. The molecule has 0 bridgehead atoms. The van der Waals surface area contributed by atoms with Crippen LogP contribution in [0.1, 0.15) is 29.8 Å². The van der Waals surface area contributed by atoms with E-state index in [1.54, 1.807) is 6.20 Å². The molecule has 1 aromatic carbocycles. The van der Waals surface area contributed by atoms with Crippen molar-refractivity contribution >= 4 is 11.6 Å². The Morgan fingerprint density at radius 3 is 3.00 bits per heavy atom. The second kappa shape index (κ2) is 4.69. The zero-order chi connectivity index (χ0) is 15.6. The highest BCUT2D eigenvalue weighted by molar-refractivity contribution is 6.31. The number of fused-ring (bicyclic) bond motifs is 4. The first kappa shape index (κ1) is 13.3. The summed E-state index contributed by atoms with van der Waals surface area (Å²) in [6, 6.07) is 8.45. The molecule has 6 heteroatoms. The number of halogens is 1. The summed E-state index contributed by atoms with van der Waals surface area (Å²) >= 11 is 6.24. The lowest BCUT2D eigenvalue weighted by molar-refractivity contribution is 0.0526. The van der Waals surface area contributed by atoms with Crippen LogP contribution in [0, 0.1) is 5.92 Å². The molecule has 2 aliphatic heterocycles. The van der Waals surface area contributed by atoms with Crippen molar-refractivity contribution in [2.75, 3.05) is 0 Å². The largest absolute Gasteiger partial charge is 0.386 e.